The van der Waals surface area contributed by atoms with Crippen LogP contribution in [0.25, 0.3) is 0 Å². The molecule has 0 amide bonds. The smallest absolute Gasteiger partial charge is 0.303 e. The van der Waals surface area contributed by atoms with Crippen molar-refractivity contribution >= 4 is 12.4 Å². The normalized spacial score (nSPS) is 12.1. The maximum Gasteiger partial charge on any atom is 0.303 e. The van der Waals surface area contributed by atoms with Crippen molar-refractivity contribution in [1.82, 2.24) is 0 Å². The molecule has 0 aliphatic carbocycles. The van der Waals surface area contributed by atoms with Crippen LogP contribution >= 0.6 is 0 Å². The van der Waals surface area contributed by atoms with Crippen LogP contribution < -0.4 is 0 Å². The summed E-state index contributed by atoms with van der Waals surface area (Å²) in [5.74, 6) is -0.851. The van der Waals surface area contributed by atoms with E-state index in [0.717, 1.165) is 19.3 Å². The van der Waals surface area contributed by atoms with Gasteiger partial charge in [0.1, 0.15) is 6.10 Å². The molecule has 0 saturated heterocycles. The first-order chi connectivity index (χ1) is 6.20. The van der Waals surface area contributed by atoms with E-state index >= 15 is 0 Å². The summed E-state index contributed by atoms with van der Waals surface area (Å²) < 4.78 is 4.75. The largest absolute Gasteiger partial charge is 0.481 e. The van der Waals surface area contributed by atoms with E-state index in [2.05, 4.69) is 0 Å². The van der Waals surface area contributed by atoms with Gasteiger partial charge >= 0.3 is 5.97 Å². The van der Waals surface area contributed by atoms with Crippen molar-refractivity contribution in [3.05, 3.63) is 0 Å². The molecule has 0 radical (unpaired) electrons. The van der Waals surface area contributed by atoms with Gasteiger partial charge in [-0.05, 0) is 12.8 Å². The summed E-state index contributed by atoms with van der Waals surface area (Å²) in [6.45, 7) is 2.43. The minimum atomic E-state index is -0.851. The molecule has 0 spiro atoms. The van der Waals surface area contributed by atoms with Crippen molar-refractivity contribution in [1.29, 1.82) is 0 Å². The van der Waals surface area contributed by atoms with Gasteiger partial charge in [-0.1, -0.05) is 19.8 Å². The van der Waals surface area contributed by atoms with Gasteiger partial charge in [0.25, 0.3) is 6.47 Å². The Balaban J connectivity index is 3.65. The second kappa shape index (κ2) is 7.58. The van der Waals surface area contributed by atoms with Gasteiger partial charge in [-0.25, -0.2) is 0 Å². The molecule has 1 unspecified atom stereocenters. The number of hydrogen-bond acceptors (Lipinski definition) is 3. The molecule has 0 heterocycles. The lowest BCUT2D eigenvalue weighted by Gasteiger charge is -2.12. The highest BCUT2D eigenvalue weighted by Crippen LogP contribution is 2.09. The number of carbonyl (C=O) groups is 2. The van der Waals surface area contributed by atoms with Gasteiger partial charge in [0.15, 0.2) is 0 Å². The lowest BCUT2D eigenvalue weighted by atomic mass is 10.1. The van der Waals surface area contributed by atoms with E-state index < -0.39 is 5.97 Å². The Morgan fingerprint density at radius 3 is 2.69 bits per heavy atom. The zero-order valence-corrected chi connectivity index (χ0v) is 7.86. The number of unbranched alkanes of at least 4 members (excludes halogenated alkanes) is 1. The maximum atomic E-state index is 10.2. The maximum absolute atomic E-state index is 10.2. The summed E-state index contributed by atoms with van der Waals surface area (Å²) in [5, 5.41) is 8.41. The molecule has 0 aromatic carbocycles. The van der Waals surface area contributed by atoms with Crippen molar-refractivity contribution in [2.75, 3.05) is 0 Å². The zero-order valence-electron chi connectivity index (χ0n) is 7.86. The van der Waals surface area contributed by atoms with E-state index in [1.165, 1.54) is 0 Å². The highest BCUT2D eigenvalue weighted by molar-refractivity contribution is 5.66. The zero-order chi connectivity index (χ0) is 10.1. The van der Waals surface area contributed by atoms with E-state index in [4.69, 9.17) is 9.84 Å². The van der Waals surface area contributed by atoms with Gasteiger partial charge in [0, 0.05) is 6.42 Å². The lowest BCUT2D eigenvalue weighted by molar-refractivity contribution is -0.140. The highest BCUT2D eigenvalue weighted by atomic mass is 16.5. The Kier molecular flexibility index (Phi) is 6.96. The average molecular weight is 188 g/mol. The van der Waals surface area contributed by atoms with Crippen molar-refractivity contribution in [3.63, 3.8) is 0 Å². The van der Waals surface area contributed by atoms with E-state index in [-0.39, 0.29) is 12.5 Å². The number of rotatable bonds is 8. The molecule has 1 atom stereocenters. The number of hydrogen-bond donors (Lipinski definition) is 1. The van der Waals surface area contributed by atoms with Gasteiger partial charge in [-0.2, -0.15) is 0 Å². The van der Waals surface area contributed by atoms with Gasteiger partial charge in [-0.3, -0.25) is 9.59 Å². The van der Waals surface area contributed by atoms with E-state index in [1.54, 1.807) is 0 Å². The molecule has 0 fully saturated rings. The first kappa shape index (κ1) is 11.9. The molecule has 1 N–H and O–H groups in total. The number of carbonyl (C=O) groups excluding carboxylic acids is 1. The van der Waals surface area contributed by atoms with Crippen LogP contribution in [0.1, 0.15) is 39.0 Å². The van der Waals surface area contributed by atoms with Crippen LogP contribution in [0.4, 0.5) is 0 Å². The number of carboxylic acid groups (broad SMARTS) is 1. The third kappa shape index (κ3) is 7.31. The Morgan fingerprint density at radius 1 is 1.54 bits per heavy atom. The first-order valence-electron chi connectivity index (χ1n) is 4.51. The Morgan fingerprint density at radius 2 is 2.23 bits per heavy atom. The fourth-order valence-electron chi connectivity index (χ4n) is 1.08. The molecule has 0 aliphatic heterocycles. The standard InChI is InChI=1S/C9H16O4/c1-2-3-4-8(13-7-10)5-6-9(11)12/h7-8H,2-6H2,1H3,(H,11,12). The van der Waals surface area contributed by atoms with Crippen molar-refractivity contribution in [3.8, 4) is 0 Å². The summed E-state index contributed by atoms with van der Waals surface area (Å²) >= 11 is 0. The minimum absolute atomic E-state index is 0.0578. The third-order valence-electron chi connectivity index (χ3n) is 1.81. The number of aliphatic carboxylic acids is 1. The SMILES string of the molecule is CCCCC(CCC(=O)O)OC=O. The predicted molar refractivity (Wildman–Crippen MR) is 47.3 cm³/mol. The van der Waals surface area contributed by atoms with Gasteiger partial charge in [0.2, 0.25) is 0 Å². The Bertz CT molecular complexity index is 156. The molecule has 4 heteroatoms. The van der Waals surface area contributed by atoms with Crippen molar-refractivity contribution in [2.24, 2.45) is 0 Å². The van der Waals surface area contributed by atoms with Crippen molar-refractivity contribution < 1.29 is 19.4 Å². The molecule has 4 nitrogen and oxygen atoms in total. The van der Waals surface area contributed by atoms with E-state index in [0.29, 0.717) is 12.9 Å². The van der Waals surface area contributed by atoms with E-state index in [1.807, 2.05) is 6.92 Å². The molecule has 0 bridgehead atoms. The number of ether oxygens (including phenoxy) is 1. The molecule has 0 aliphatic rings. The van der Waals surface area contributed by atoms with Crippen LogP contribution in [0.3, 0.4) is 0 Å². The lowest BCUT2D eigenvalue weighted by Crippen LogP contribution is -2.13. The van der Waals surface area contributed by atoms with Gasteiger partial charge in [0.05, 0.1) is 0 Å². The van der Waals surface area contributed by atoms with Crippen LogP contribution in [-0.2, 0) is 14.3 Å². The topological polar surface area (TPSA) is 63.6 Å². The van der Waals surface area contributed by atoms with Crippen LogP contribution in [0, 0.1) is 0 Å². The molecule has 0 aromatic rings. The summed E-state index contributed by atoms with van der Waals surface area (Å²) in [7, 11) is 0. The van der Waals surface area contributed by atoms with Gasteiger partial charge < -0.3 is 9.84 Å². The highest BCUT2D eigenvalue weighted by Gasteiger charge is 2.10. The fraction of sp³-hybridized carbons (Fsp3) is 0.778. The minimum Gasteiger partial charge on any atom is -0.481 e. The van der Waals surface area contributed by atoms with Crippen LogP contribution in [-0.4, -0.2) is 23.7 Å². The summed E-state index contributed by atoms with van der Waals surface area (Å²) in [6, 6.07) is 0. The quantitative estimate of drug-likeness (QED) is 0.587. The fourth-order valence-corrected chi connectivity index (χ4v) is 1.08. The van der Waals surface area contributed by atoms with E-state index in [9.17, 15) is 9.59 Å². The second-order valence-electron chi connectivity index (χ2n) is 2.93. The van der Waals surface area contributed by atoms with Gasteiger partial charge in [-0.15, -0.1) is 0 Å². The monoisotopic (exact) mass is 188 g/mol. The Labute approximate surface area is 77.9 Å². The average Bonchev–Trinajstić information content (AvgIpc) is 2.09. The third-order valence-corrected chi connectivity index (χ3v) is 1.81. The summed E-state index contributed by atoms with van der Waals surface area (Å²) in [6.07, 6.45) is 2.97. The molecule has 0 rings (SSSR count). The van der Waals surface area contributed by atoms with Crippen LogP contribution in [0.5, 0.6) is 0 Å². The molecule has 0 saturated carbocycles. The second-order valence-corrected chi connectivity index (χ2v) is 2.93. The van der Waals surface area contributed by atoms with Crippen LogP contribution in [0.2, 0.25) is 0 Å². The molecular formula is C9H16O4. The summed E-state index contributed by atoms with van der Waals surface area (Å²) in [5.41, 5.74) is 0. The number of carboxylic acids is 1. The van der Waals surface area contributed by atoms with Crippen molar-refractivity contribution in [2.45, 2.75) is 45.1 Å². The summed E-state index contributed by atoms with van der Waals surface area (Å²) in [4.78, 5) is 20.3. The Hall–Kier alpha value is -1.06. The predicted octanol–water partition coefficient (Wildman–Crippen LogP) is 1.58. The molecular weight excluding hydrogens is 172 g/mol. The molecule has 76 valence electrons. The first-order valence-corrected chi connectivity index (χ1v) is 4.51. The van der Waals surface area contributed by atoms with Crippen LogP contribution in [0.15, 0.2) is 0 Å². The molecule has 13 heavy (non-hydrogen) atoms. The molecule has 0 aromatic heterocycles.